The summed E-state index contributed by atoms with van der Waals surface area (Å²) in [5.41, 5.74) is 2.48. The van der Waals surface area contributed by atoms with Crippen molar-refractivity contribution in [3.63, 3.8) is 0 Å². The third-order valence-corrected chi connectivity index (χ3v) is 4.76. The second-order valence-electron chi connectivity index (χ2n) is 6.20. The van der Waals surface area contributed by atoms with E-state index < -0.39 is 0 Å². The lowest BCUT2D eigenvalue weighted by atomic mass is 10.2. The van der Waals surface area contributed by atoms with Crippen molar-refractivity contribution in [2.45, 2.75) is 31.8 Å². The van der Waals surface area contributed by atoms with Crippen LogP contribution >= 0.6 is 0 Å². The first kappa shape index (κ1) is 16.4. The van der Waals surface area contributed by atoms with Gasteiger partial charge in [0.1, 0.15) is 5.69 Å². The van der Waals surface area contributed by atoms with Gasteiger partial charge in [0, 0.05) is 32.6 Å². The van der Waals surface area contributed by atoms with Crippen molar-refractivity contribution in [1.29, 1.82) is 0 Å². The molecule has 2 aliphatic rings. The number of hydrogen-bond acceptors (Lipinski definition) is 7. The van der Waals surface area contributed by atoms with Crippen LogP contribution < -0.4 is 15.1 Å². The minimum absolute atomic E-state index is 0.0764. The van der Waals surface area contributed by atoms with Crippen molar-refractivity contribution in [2.75, 3.05) is 42.4 Å². The predicted molar refractivity (Wildman–Crippen MR) is 91.6 cm³/mol. The van der Waals surface area contributed by atoms with Crippen LogP contribution in [-0.4, -0.2) is 44.3 Å². The Hall–Kier alpha value is -2.51. The minimum Gasteiger partial charge on any atom is -0.469 e. The number of nitrogens with one attached hydrogen (secondary N) is 1. The van der Waals surface area contributed by atoms with E-state index in [9.17, 15) is 14.9 Å². The van der Waals surface area contributed by atoms with Crippen molar-refractivity contribution in [2.24, 2.45) is 0 Å². The molecule has 0 aliphatic carbocycles. The summed E-state index contributed by atoms with van der Waals surface area (Å²) in [6.45, 7) is 1.70. The minimum atomic E-state index is -0.316. The third kappa shape index (κ3) is 2.95. The molecule has 2 aliphatic heterocycles. The van der Waals surface area contributed by atoms with Crippen LogP contribution in [0.15, 0.2) is 12.1 Å². The van der Waals surface area contributed by atoms with Crippen molar-refractivity contribution < 1.29 is 14.5 Å². The van der Waals surface area contributed by atoms with E-state index in [1.165, 1.54) is 7.11 Å². The van der Waals surface area contributed by atoms with Crippen molar-refractivity contribution in [1.82, 2.24) is 0 Å². The monoisotopic (exact) mass is 334 g/mol. The molecule has 130 valence electrons. The molecule has 8 heteroatoms. The smallest absolute Gasteiger partial charge is 0.305 e. The number of ether oxygens (including phenoxy) is 1. The van der Waals surface area contributed by atoms with E-state index in [0.717, 1.165) is 37.3 Å². The van der Waals surface area contributed by atoms with Crippen LogP contribution in [0.1, 0.15) is 25.7 Å². The number of fused-ring (bicyclic) bond motifs is 1. The second-order valence-corrected chi connectivity index (χ2v) is 6.20. The van der Waals surface area contributed by atoms with Crippen LogP contribution in [0.25, 0.3) is 0 Å². The summed E-state index contributed by atoms with van der Waals surface area (Å²) in [6.07, 6.45) is 2.91. The Morgan fingerprint density at radius 3 is 2.71 bits per heavy atom. The highest BCUT2D eigenvalue weighted by molar-refractivity contribution is 5.85. The lowest BCUT2D eigenvalue weighted by molar-refractivity contribution is -0.384. The molecule has 1 fully saturated rings. The first-order valence-corrected chi connectivity index (χ1v) is 8.15. The fourth-order valence-corrected chi connectivity index (χ4v) is 3.40. The molecule has 0 aromatic heterocycles. The molecule has 0 spiro atoms. The van der Waals surface area contributed by atoms with Gasteiger partial charge in [-0.2, -0.15) is 0 Å². The summed E-state index contributed by atoms with van der Waals surface area (Å²) in [5.74, 6) is -0.259. The van der Waals surface area contributed by atoms with Gasteiger partial charge in [0.2, 0.25) is 0 Å². The first-order valence-electron chi connectivity index (χ1n) is 8.15. The first-order chi connectivity index (χ1) is 11.5. The fraction of sp³-hybridized carbons (Fsp3) is 0.562. The molecule has 1 saturated heterocycles. The van der Waals surface area contributed by atoms with Gasteiger partial charge in [0.05, 0.1) is 29.6 Å². The van der Waals surface area contributed by atoms with Crippen molar-refractivity contribution >= 4 is 28.7 Å². The zero-order valence-corrected chi connectivity index (χ0v) is 13.9. The number of carbonyl (C=O) groups is 1. The lowest BCUT2D eigenvalue weighted by Crippen LogP contribution is -2.32. The van der Waals surface area contributed by atoms with Gasteiger partial charge >= 0.3 is 5.97 Å². The molecular weight excluding hydrogens is 312 g/mol. The zero-order valence-electron chi connectivity index (χ0n) is 13.9. The third-order valence-electron chi connectivity index (χ3n) is 4.76. The summed E-state index contributed by atoms with van der Waals surface area (Å²) in [5, 5.41) is 14.9. The standard InChI is InChI=1S/C16H22N4O4/c1-18-12-10-14(20(22)23)13(19-7-3-4-8-19)9-11(12)17-15(18)5-6-16(21)24-2/h9-10,15,17H,3-8H2,1-2H3. The van der Waals surface area contributed by atoms with Crippen molar-refractivity contribution in [3.8, 4) is 0 Å². The van der Waals surface area contributed by atoms with Gasteiger partial charge in [0.25, 0.3) is 5.69 Å². The lowest BCUT2D eigenvalue weighted by Gasteiger charge is -2.21. The van der Waals surface area contributed by atoms with E-state index in [2.05, 4.69) is 15.0 Å². The van der Waals surface area contributed by atoms with Gasteiger partial charge in [-0.1, -0.05) is 0 Å². The molecule has 24 heavy (non-hydrogen) atoms. The maximum absolute atomic E-state index is 11.5. The number of carbonyl (C=O) groups excluding carboxylic acids is 1. The van der Waals surface area contributed by atoms with Crippen LogP contribution in [0, 0.1) is 10.1 Å². The Balaban J connectivity index is 1.86. The van der Waals surface area contributed by atoms with Gasteiger partial charge in [-0.05, 0) is 25.3 Å². The molecule has 0 radical (unpaired) electrons. The Bertz CT molecular complexity index is 658. The van der Waals surface area contributed by atoms with Gasteiger partial charge in [0.15, 0.2) is 0 Å². The second kappa shape index (κ2) is 6.54. The number of anilines is 3. The quantitative estimate of drug-likeness (QED) is 0.502. The molecule has 1 atom stereocenters. The van der Waals surface area contributed by atoms with Crippen LogP contribution in [0.2, 0.25) is 0 Å². The molecular formula is C16H22N4O4. The van der Waals surface area contributed by atoms with E-state index in [0.29, 0.717) is 18.5 Å². The van der Waals surface area contributed by atoms with E-state index in [4.69, 9.17) is 0 Å². The van der Waals surface area contributed by atoms with Crippen LogP contribution in [0.5, 0.6) is 0 Å². The van der Waals surface area contributed by atoms with Gasteiger partial charge in [-0.3, -0.25) is 14.9 Å². The van der Waals surface area contributed by atoms with E-state index in [1.54, 1.807) is 6.07 Å². The van der Waals surface area contributed by atoms with Crippen LogP contribution in [0.4, 0.5) is 22.7 Å². The molecule has 8 nitrogen and oxygen atoms in total. The van der Waals surface area contributed by atoms with Gasteiger partial charge < -0.3 is 19.9 Å². The highest BCUT2D eigenvalue weighted by atomic mass is 16.6. The average Bonchev–Trinajstić information content (AvgIpc) is 3.20. The van der Waals surface area contributed by atoms with E-state index in [1.807, 2.05) is 18.0 Å². The van der Waals surface area contributed by atoms with E-state index >= 15 is 0 Å². The summed E-state index contributed by atoms with van der Waals surface area (Å²) in [7, 11) is 3.24. The summed E-state index contributed by atoms with van der Waals surface area (Å²) >= 11 is 0. The maximum atomic E-state index is 11.5. The SMILES string of the molecule is COC(=O)CCC1Nc2cc(N3CCCC3)c([N+](=O)[O-])cc2N1C. The Morgan fingerprint density at radius 1 is 1.38 bits per heavy atom. The number of benzene rings is 1. The molecule has 1 unspecified atom stereocenters. The summed E-state index contributed by atoms with van der Waals surface area (Å²) in [6, 6.07) is 3.50. The number of hydrogen-bond donors (Lipinski definition) is 1. The molecule has 1 aromatic rings. The van der Waals surface area contributed by atoms with Gasteiger partial charge in [-0.15, -0.1) is 0 Å². The normalized spacial score (nSPS) is 19.2. The van der Waals surface area contributed by atoms with Crippen LogP contribution in [-0.2, 0) is 9.53 Å². The van der Waals surface area contributed by atoms with Crippen LogP contribution in [0.3, 0.4) is 0 Å². The summed E-state index contributed by atoms with van der Waals surface area (Å²) in [4.78, 5) is 26.6. The number of nitrogens with zero attached hydrogens (tertiary/aromatic N) is 3. The topological polar surface area (TPSA) is 87.9 Å². The fourth-order valence-electron chi connectivity index (χ4n) is 3.40. The molecule has 0 bridgehead atoms. The number of nitro groups is 1. The Morgan fingerprint density at radius 2 is 2.08 bits per heavy atom. The summed E-state index contributed by atoms with van der Waals surface area (Å²) < 4.78 is 4.68. The van der Waals surface area contributed by atoms with E-state index in [-0.39, 0.29) is 22.7 Å². The number of nitro benzene ring substituents is 1. The molecule has 1 aromatic carbocycles. The molecule has 0 saturated carbocycles. The Kier molecular flexibility index (Phi) is 4.46. The van der Waals surface area contributed by atoms with Gasteiger partial charge in [-0.25, -0.2) is 0 Å². The highest BCUT2D eigenvalue weighted by Crippen LogP contribution is 2.43. The molecule has 1 N–H and O–H groups in total. The average molecular weight is 334 g/mol. The number of rotatable bonds is 5. The number of methoxy groups -OCH3 is 1. The maximum Gasteiger partial charge on any atom is 0.305 e. The highest BCUT2D eigenvalue weighted by Gasteiger charge is 2.32. The Labute approximate surface area is 140 Å². The predicted octanol–water partition coefficient (Wildman–Crippen LogP) is 2.34. The molecule has 3 rings (SSSR count). The molecule has 2 heterocycles. The molecule has 0 amide bonds. The number of esters is 1. The zero-order chi connectivity index (χ0) is 17.3. The largest absolute Gasteiger partial charge is 0.469 e. The van der Waals surface area contributed by atoms with Crippen molar-refractivity contribution in [3.05, 3.63) is 22.2 Å².